The smallest absolute Gasteiger partial charge is 0.411 e. The Morgan fingerprint density at radius 3 is 1.44 bits per heavy atom. The number of hydrogen-bond donors (Lipinski definition) is 7. The molecule has 13 aromatic rings. The Morgan fingerprint density at radius 1 is 0.564 bits per heavy atom. The minimum absolute atomic E-state index is 0. The number of aromatic nitrogens is 8. The molecule has 750 valence electrons. The Bertz CT molecular complexity index is 6310. The zero-order chi connectivity index (χ0) is 103. The first-order chi connectivity index (χ1) is 66.0. The number of β-amino-alcohol motifs (C(OH)–C–C–N with tert-alkyl or cyclic N) is 1. The number of Topliss-reactive ketones (excluding diaryl/α,β-unsaturated/α-hetero) is 1. The molecule has 2 saturated heterocycles. The molecular weight excluding hydrogens is 2010 g/mol. The van der Waals surface area contributed by atoms with Crippen LogP contribution in [0.4, 0.5) is 4.79 Å². The average molecular weight is 2120 g/mol. The van der Waals surface area contributed by atoms with Crippen molar-refractivity contribution in [2.45, 2.75) is 125 Å². The molecule has 2 fully saturated rings. The van der Waals surface area contributed by atoms with Gasteiger partial charge in [-0.05, 0) is 246 Å². The summed E-state index contributed by atoms with van der Waals surface area (Å²) in [6.45, 7) is 22.8. The molecule has 9 N–H and O–H groups in total. The zero-order valence-electron chi connectivity index (χ0n) is 79.3. The number of thiazole rings is 5. The van der Waals surface area contributed by atoms with Crippen molar-refractivity contribution in [3.05, 3.63) is 215 Å². The number of ether oxygens (including phenoxy) is 8. The van der Waals surface area contributed by atoms with Crippen LogP contribution < -0.4 is 40.1 Å². The van der Waals surface area contributed by atoms with Gasteiger partial charge in [-0.25, -0.2) is 49.3 Å². The number of fused-ring (bicyclic) bond motifs is 3. The minimum atomic E-state index is -3.22. The van der Waals surface area contributed by atoms with E-state index in [2.05, 4.69) is 73.6 Å². The number of pyridine rings is 3. The van der Waals surface area contributed by atoms with Gasteiger partial charge in [0.05, 0.1) is 60.5 Å². The summed E-state index contributed by atoms with van der Waals surface area (Å²) in [5, 5.41) is 58.8. The van der Waals surface area contributed by atoms with E-state index in [9.17, 15) is 48.0 Å². The van der Waals surface area contributed by atoms with E-state index in [4.69, 9.17) is 74.6 Å². The Hall–Kier alpha value is -11.9. The van der Waals surface area contributed by atoms with Crippen molar-refractivity contribution in [2.24, 2.45) is 0 Å². The summed E-state index contributed by atoms with van der Waals surface area (Å²) < 4.78 is 51.9. The summed E-state index contributed by atoms with van der Waals surface area (Å²) in [5.74, 6) is 0.639. The number of benzene rings is 5. The number of aliphatic hydroxyl groups is 1. The summed E-state index contributed by atoms with van der Waals surface area (Å²) in [7, 11) is 7.22. The highest BCUT2D eigenvalue weighted by atomic mass is 36.0. The molecule has 5 aromatic carbocycles. The average Bonchev–Trinajstić information content (AvgIpc) is 1.46. The quantitative estimate of drug-likeness (QED) is 0.00971. The number of aliphatic carboxylic acids is 3. The SMILES string of the molecule is CB(O)N1C[C@H](O)C[C@H]1C(=O)O.CC(=O)O.CCN(CC)C(=O)c1ccc(OC)cc1C.CCN(CC)C(=O)c1ccc(OC)cc1CC(=O)c1nccs1.CCOC(=O)c1nccs1.COc1ccc2c(=O)[nH]c(-c3nccs3)cc2c1.COc1ccc2c(Cl)nc(-c3nccs3)cc2c1.COc1ccc2c(O[C@@H]3C[C@@H](C(=O)O)N(C(=O)OC(C)(C)C)C3)nc(-c3nccs3)cc2c1.N.O=P(Cl)(Cl)Cl. The normalized spacial score (nSPS) is 13.8. The number of amides is 3. The molecule has 3 amide bonds. The lowest BCUT2D eigenvalue weighted by molar-refractivity contribution is -0.142. The Kier molecular flexibility index (Phi) is 47.7. The van der Waals surface area contributed by atoms with Gasteiger partial charge >= 0.3 is 36.3 Å². The third kappa shape index (κ3) is 36.0. The molecule has 0 bridgehead atoms. The Morgan fingerprint density at radius 2 is 0.993 bits per heavy atom. The van der Waals surface area contributed by atoms with Crippen LogP contribution in [-0.2, 0) is 34.8 Å². The first-order valence-corrected chi connectivity index (χ1v) is 51.8. The number of carboxylic acids is 3. The maximum Gasteiger partial charge on any atom is 0.411 e. The number of likely N-dealkylation sites (tertiary alicyclic amines) is 1. The van der Waals surface area contributed by atoms with Gasteiger partial charge in [0.1, 0.15) is 84.1 Å². The molecule has 10 heterocycles. The van der Waals surface area contributed by atoms with Gasteiger partial charge in [-0.15, -0.1) is 56.7 Å². The summed E-state index contributed by atoms with van der Waals surface area (Å²) in [4.78, 5) is 143. The monoisotopic (exact) mass is 2120 g/mol. The Balaban J connectivity index is 0.000000253. The van der Waals surface area contributed by atoms with E-state index in [0.29, 0.717) is 74.5 Å². The highest BCUT2D eigenvalue weighted by Gasteiger charge is 2.44. The Labute approximate surface area is 847 Å². The van der Waals surface area contributed by atoms with Gasteiger partial charge in [-0.2, -0.15) is 0 Å². The standard InChI is InChI=1S/C23H25N3O6S.C17H20N2O3S.C13H9ClN2OS.C13H10N2O2S.C13H19NO2.C6H12BNO4.C6H7NO2S.C2H4O2.Cl3OP.H3N/c1-23(2,3)32-22(29)26-12-15(11-18(26)21(27)28)31-19-16-6-5-14(30-4)9-13(16)10-17(25-19)20-24-7-8-33-20;1-4-19(5-2)17(21)14-7-6-13(22-3)10-12(14)11-15(20)16-18-8-9-23-16;1-17-9-2-3-10-8(6-9)7-11(16-12(10)14)13-15-4-5-18-13;1-17-9-2-3-10-8(6-9)7-11(15-12(10)16)13-14-4-5-18-13;1-5-14(6-2)13(15)12-8-7-11(16-4)9-10(12)3;1-7(12)8-3-4(9)2-5(8)6(10)11;1-2-9-6(8)5-7-3-4-10-5;1-2(3)4;1-5(2,3)4;/h5-10,15,18H,11-12H2,1-4H3,(H,27,28);6-10H,4-5,11H2,1-3H3;2-7H,1H3;2-7H,1H3,(H,15,16);7-9H,5-6H2,1-4H3;4-5,9,12H,2-3H2,1H3,(H,10,11);3-4H,2H2,1H3;1H3,(H,3,4);;1H3/t15-,18+;;;;;4-,5+;;;;/m1....1..../s1. The number of carbonyl (C=O) groups is 8. The van der Waals surface area contributed by atoms with Crippen molar-refractivity contribution in [1.82, 2.24) is 65.5 Å². The van der Waals surface area contributed by atoms with Crippen LogP contribution in [0.3, 0.4) is 0 Å². The fraction of sp³-hybridized carbons (Fsp3) is 0.333. The fourth-order valence-electron chi connectivity index (χ4n) is 13.3. The fourth-order valence-corrected chi connectivity index (χ4v) is 16.5. The van der Waals surface area contributed by atoms with Gasteiger partial charge in [-0.1, -0.05) is 11.6 Å². The predicted molar refractivity (Wildman–Crippen MR) is 549 cm³/mol. The van der Waals surface area contributed by atoms with Gasteiger partial charge in [-0.3, -0.25) is 38.2 Å². The highest BCUT2D eigenvalue weighted by Crippen LogP contribution is 2.61. The van der Waals surface area contributed by atoms with Crippen molar-refractivity contribution in [2.75, 3.05) is 81.4 Å². The molecule has 8 aromatic heterocycles. The zero-order valence-corrected chi connectivity index (χ0v) is 87.3. The number of carbonyl (C=O) groups excluding carboxylic acids is 5. The van der Waals surface area contributed by atoms with Gasteiger partial charge in [0, 0.05) is 138 Å². The van der Waals surface area contributed by atoms with Crippen molar-refractivity contribution in [3.8, 4) is 66.7 Å². The largest absolute Gasteiger partial charge is 0.497 e. The molecule has 140 heavy (non-hydrogen) atoms. The molecule has 2 aliphatic rings. The number of esters is 1. The van der Waals surface area contributed by atoms with Crippen LogP contribution >= 0.6 is 107 Å². The number of hydrogen-bond acceptors (Lipinski definition) is 34. The van der Waals surface area contributed by atoms with Crippen LogP contribution in [0, 0.1) is 6.92 Å². The van der Waals surface area contributed by atoms with Crippen LogP contribution in [0.2, 0.25) is 12.0 Å². The highest BCUT2D eigenvalue weighted by molar-refractivity contribution is 8.24. The van der Waals surface area contributed by atoms with E-state index < -0.39 is 66.1 Å². The minimum Gasteiger partial charge on any atom is -0.497 e. The van der Waals surface area contributed by atoms with Crippen molar-refractivity contribution in [1.29, 1.82) is 0 Å². The van der Waals surface area contributed by atoms with E-state index in [1.807, 2.05) is 135 Å². The number of carboxylic acid groups (broad SMARTS) is 3. The molecule has 0 aliphatic carbocycles. The van der Waals surface area contributed by atoms with Crippen LogP contribution in [0.25, 0.3) is 64.4 Å². The summed E-state index contributed by atoms with van der Waals surface area (Å²) in [5.41, 5.74) is 4.23. The van der Waals surface area contributed by atoms with Crippen molar-refractivity contribution >= 4 is 194 Å². The number of aryl methyl sites for hydroxylation is 1. The second-order valence-corrected chi connectivity index (χ2v) is 41.8. The molecule has 47 heteroatoms. The molecule has 4 atom stereocenters. The summed E-state index contributed by atoms with van der Waals surface area (Å²) in [6, 6.07) is 31.4. The van der Waals surface area contributed by atoms with Crippen LogP contribution in [0.15, 0.2) is 172 Å². The maximum atomic E-state index is 12.7. The van der Waals surface area contributed by atoms with Crippen molar-refractivity contribution < 1.29 is 106 Å². The van der Waals surface area contributed by atoms with Crippen molar-refractivity contribution in [3.63, 3.8) is 0 Å². The second-order valence-electron chi connectivity index (χ2n) is 30.4. The lowest BCUT2D eigenvalue weighted by Crippen LogP contribution is -2.44. The lowest BCUT2D eigenvalue weighted by Gasteiger charge is -2.26. The van der Waals surface area contributed by atoms with Gasteiger partial charge < -0.3 is 89.1 Å². The molecule has 36 nitrogen and oxygen atoms in total. The molecule has 0 saturated carbocycles. The van der Waals surface area contributed by atoms with E-state index >= 15 is 0 Å². The number of methoxy groups -OCH3 is 5. The van der Waals surface area contributed by atoms with Crippen LogP contribution in [0.1, 0.15) is 127 Å². The third-order valence-electron chi connectivity index (χ3n) is 19.8. The maximum absolute atomic E-state index is 12.7. The molecule has 0 spiro atoms. The molecule has 0 radical (unpaired) electrons. The number of aromatic amines is 1. The van der Waals surface area contributed by atoms with Gasteiger partial charge in [0.25, 0.3) is 23.3 Å². The van der Waals surface area contributed by atoms with E-state index in [0.717, 1.165) is 102 Å². The lowest BCUT2D eigenvalue weighted by atomic mass is 9.84. The number of nitrogens with one attached hydrogen (secondary N) is 1. The summed E-state index contributed by atoms with van der Waals surface area (Å²) >= 11 is 27.1. The number of ketones is 1. The van der Waals surface area contributed by atoms with Gasteiger partial charge in [0.15, 0.2) is 10.8 Å². The number of aliphatic hydroxyl groups excluding tert-OH is 1. The van der Waals surface area contributed by atoms with Crippen LogP contribution in [-0.4, -0.2) is 251 Å². The van der Waals surface area contributed by atoms with Gasteiger partial charge in [0.2, 0.25) is 10.9 Å². The third-order valence-corrected chi connectivity index (χ3v) is 24.0. The molecule has 2 aliphatic heterocycles. The first-order valence-electron chi connectivity index (χ1n) is 42.6. The number of halogens is 4. The molecule has 15 rings (SSSR count). The van der Waals surface area contributed by atoms with E-state index in [1.54, 1.807) is 140 Å². The number of H-pyrrole nitrogens is 1. The summed E-state index contributed by atoms with van der Waals surface area (Å²) in [6.07, 6.45) is 6.92. The second kappa shape index (κ2) is 57.1. The predicted octanol–water partition coefficient (Wildman–Crippen LogP) is 19.4. The van der Waals surface area contributed by atoms with Crippen LogP contribution in [0.5, 0.6) is 34.6 Å². The van der Waals surface area contributed by atoms with E-state index in [-0.39, 0.29) is 67.6 Å². The topological polar surface area (TPSA) is 500 Å². The first kappa shape index (κ1) is 117. The van der Waals surface area contributed by atoms with E-state index in [1.165, 1.54) is 73.2 Å². The molecular formula is C93H109BCl4N13O23PS5. The number of rotatable bonds is 24. The molecule has 0 unspecified atom stereocenters. The number of nitrogens with zero attached hydrogens (tertiary/aromatic N) is 11.